The molecular formula is C24H34N2O6S. The molecule has 0 radical (unpaired) electrons. The zero-order valence-corrected chi connectivity index (χ0v) is 21.4. The molecule has 0 saturated carbocycles. The maximum absolute atomic E-state index is 13.0. The predicted octanol–water partition coefficient (Wildman–Crippen LogP) is 3.64. The molecular weight excluding hydrogens is 444 g/mol. The molecule has 182 valence electrons. The van der Waals surface area contributed by atoms with Gasteiger partial charge in [-0.2, -0.15) is 4.31 Å². The van der Waals surface area contributed by atoms with E-state index < -0.39 is 15.9 Å². The van der Waals surface area contributed by atoms with Crippen LogP contribution in [0.1, 0.15) is 49.4 Å². The molecule has 1 amide bonds. The molecule has 1 N–H and O–H groups in total. The van der Waals surface area contributed by atoms with E-state index in [0.29, 0.717) is 11.5 Å². The van der Waals surface area contributed by atoms with Crippen LogP contribution in [0.2, 0.25) is 0 Å². The van der Waals surface area contributed by atoms with Gasteiger partial charge in [-0.25, -0.2) is 8.42 Å². The zero-order chi connectivity index (χ0) is 24.9. The first-order chi connectivity index (χ1) is 15.5. The summed E-state index contributed by atoms with van der Waals surface area (Å²) < 4.78 is 42.8. The third-order valence-electron chi connectivity index (χ3n) is 5.51. The highest BCUT2D eigenvalue weighted by atomic mass is 32.2. The average Bonchev–Trinajstić information content (AvgIpc) is 2.77. The average molecular weight is 479 g/mol. The number of amides is 1. The van der Waals surface area contributed by atoms with Gasteiger partial charge in [-0.1, -0.05) is 13.8 Å². The van der Waals surface area contributed by atoms with Crippen molar-refractivity contribution >= 4 is 15.9 Å². The number of nitrogens with zero attached hydrogens (tertiary/aromatic N) is 1. The highest BCUT2D eigenvalue weighted by molar-refractivity contribution is 7.89. The molecule has 2 aromatic rings. The summed E-state index contributed by atoms with van der Waals surface area (Å²) in [5.41, 5.74) is 2.99. The predicted molar refractivity (Wildman–Crippen MR) is 128 cm³/mol. The Morgan fingerprint density at radius 1 is 0.939 bits per heavy atom. The summed E-state index contributed by atoms with van der Waals surface area (Å²) >= 11 is 0. The lowest BCUT2D eigenvalue weighted by Gasteiger charge is -2.22. The van der Waals surface area contributed by atoms with Crippen molar-refractivity contribution in [2.75, 3.05) is 34.9 Å². The number of carbonyl (C=O) groups is 1. The Bertz CT molecular complexity index is 1100. The molecule has 9 heteroatoms. The lowest BCUT2D eigenvalue weighted by molar-refractivity contribution is -0.121. The molecule has 0 aromatic heterocycles. The first-order valence-electron chi connectivity index (χ1n) is 10.6. The van der Waals surface area contributed by atoms with Crippen LogP contribution >= 0.6 is 0 Å². The second-order valence-corrected chi connectivity index (χ2v) is 10.2. The van der Waals surface area contributed by atoms with Gasteiger partial charge in [-0.05, 0) is 60.7 Å². The van der Waals surface area contributed by atoms with Crippen LogP contribution in [0.5, 0.6) is 17.2 Å². The molecule has 0 saturated heterocycles. The second-order valence-electron chi connectivity index (χ2n) is 8.17. The van der Waals surface area contributed by atoms with Crippen molar-refractivity contribution in [1.29, 1.82) is 0 Å². The first kappa shape index (κ1) is 26.5. The summed E-state index contributed by atoms with van der Waals surface area (Å²) in [6.07, 6.45) is 0. The Balaban J connectivity index is 2.18. The number of likely N-dealkylation sites (N-methyl/N-ethyl adjacent to an activating group) is 1. The molecule has 33 heavy (non-hydrogen) atoms. The van der Waals surface area contributed by atoms with E-state index in [1.165, 1.54) is 39.5 Å². The van der Waals surface area contributed by atoms with Crippen molar-refractivity contribution in [2.45, 2.75) is 44.6 Å². The normalized spacial score (nSPS) is 12.5. The van der Waals surface area contributed by atoms with E-state index in [1.807, 2.05) is 26.0 Å². The number of benzene rings is 2. The maximum Gasteiger partial charge on any atom is 0.243 e. The third-order valence-corrected chi connectivity index (χ3v) is 7.31. The van der Waals surface area contributed by atoms with E-state index in [4.69, 9.17) is 14.2 Å². The molecule has 0 aliphatic heterocycles. The van der Waals surface area contributed by atoms with Gasteiger partial charge in [0.2, 0.25) is 15.9 Å². The second kappa shape index (κ2) is 10.9. The van der Waals surface area contributed by atoms with E-state index in [-0.39, 0.29) is 23.4 Å². The maximum atomic E-state index is 13.0. The molecule has 2 aromatic carbocycles. The Kier molecular flexibility index (Phi) is 8.74. The number of methoxy groups -OCH3 is 3. The monoisotopic (exact) mass is 478 g/mol. The van der Waals surface area contributed by atoms with E-state index in [2.05, 4.69) is 19.2 Å². The number of aryl methyl sites for hydroxylation is 1. The number of hydrogen-bond donors (Lipinski definition) is 1. The zero-order valence-electron chi connectivity index (χ0n) is 20.6. The third kappa shape index (κ3) is 5.97. The summed E-state index contributed by atoms with van der Waals surface area (Å²) in [5, 5.41) is 2.91. The fraction of sp³-hybridized carbons (Fsp3) is 0.458. The van der Waals surface area contributed by atoms with E-state index in [0.717, 1.165) is 26.7 Å². The van der Waals surface area contributed by atoms with E-state index >= 15 is 0 Å². The molecule has 1 atom stereocenters. The smallest absolute Gasteiger partial charge is 0.243 e. The molecule has 8 nitrogen and oxygen atoms in total. The Labute approximate surface area is 196 Å². The Morgan fingerprint density at radius 2 is 1.55 bits per heavy atom. The van der Waals surface area contributed by atoms with Crippen LogP contribution in [0.15, 0.2) is 35.2 Å². The molecule has 0 bridgehead atoms. The van der Waals surface area contributed by atoms with Crippen LogP contribution in [-0.2, 0) is 14.8 Å². The summed E-state index contributed by atoms with van der Waals surface area (Å²) in [4.78, 5) is 12.7. The lowest BCUT2D eigenvalue weighted by atomic mass is 9.93. The minimum Gasteiger partial charge on any atom is -0.496 e. The fourth-order valence-electron chi connectivity index (χ4n) is 3.62. The number of carbonyl (C=O) groups excluding carboxylic acids is 1. The quantitative estimate of drug-likeness (QED) is 0.560. The number of hydrogen-bond acceptors (Lipinski definition) is 6. The topological polar surface area (TPSA) is 94.2 Å². The van der Waals surface area contributed by atoms with Crippen LogP contribution in [0.4, 0.5) is 0 Å². The van der Waals surface area contributed by atoms with Crippen LogP contribution in [0.3, 0.4) is 0 Å². The minimum atomic E-state index is -3.91. The molecule has 2 rings (SSSR count). The van der Waals surface area contributed by atoms with Crippen LogP contribution < -0.4 is 19.5 Å². The SMILES string of the molecule is COc1ccc(S(=O)(=O)N(C)CC(=O)NC(C)c2cc(C(C)C)c(OC)cc2C)cc1OC. The van der Waals surface area contributed by atoms with Gasteiger partial charge in [-0.15, -0.1) is 0 Å². The standard InChI is InChI=1S/C24H34N2O6S/c1-15(2)19-13-20(16(3)11-22(19)31-7)17(4)25-24(27)14-26(5)33(28,29)18-9-10-21(30-6)23(12-18)32-8/h9-13,15,17H,14H2,1-8H3,(H,25,27). The molecule has 0 spiro atoms. The van der Waals surface area contributed by atoms with Crippen molar-refractivity contribution in [1.82, 2.24) is 9.62 Å². The summed E-state index contributed by atoms with van der Waals surface area (Å²) in [5.74, 6) is 1.36. The van der Waals surface area contributed by atoms with Crippen molar-refractivity contribution in [2.24, 2.45) is 0 Å². The van der Waals surface area contributed by atoms with Crippen LogP contribution in [-0.4, -0.2) is 53.6 Å². The summed E-state index contributed by atoms with van der Waals surface area (Å²) in [6, 6.07) is 7.99. The van der Waals surface area contributed by atoms with Gasteiger partial charge >= 0.3 is 0 Å². The Morgan fingerprint density at radius 3 is 2.09 bits per heavy atom. The lowest BCUT2D eigenvalue weighted by Crippen LogP contribution is -2.39. The van der Waals surface area contributed by atoms with Gasteiger partial charge in [0, 0.05) is 13.1 Å². The van der Waals surface area contributed by atoms with Gasteiger partial charge in [0.1, 0.15) is 5.75 Å². The van der Waals surface area contributed by atoms with E-state index in [9.17, 15) is 13.2 Å². The fourth-order valence-corrected chi connectivity index (χ4v) is 4.76. The highest BCUT2D eigenvalue weighted by Crippen LogP contribution is 2.32. The summed E-state index contributed by atoms with van der Waals surface area (Å²) in [7, 11) is 2.00. The molecule has 1 unspecified atom stereocenters. The van der Waals surface area contributed by atoms with Crippen molar-refractivity contribution < 1.29 is 27.4 Å². The van der Waals surface area contributed by atoms with Crippen molar-refractivity contribution in [3.05, 3.63) is 47.0 Å². The molecule has 0 aliphatic rings. The van der Waals surface area contributed by atoms with Gasteiger partial charge in [-0.3, -0.25) is 4.79 Å². The Hall–Kier alpha value is -2.78. The largest absolute Gasteiger partial charge is 0.496 e. The van der Waals surface area contributed by atoms with Gasteiger partial charge in [0.05, 0.1) is 38.8 Å². The number of ether oxygens (including phenoxy) is 3. The van der Waals surface area contributed by atoms with Gasteiger partial charge in [0.25, 0.3) is 0 Å². The molecule has 0 heterocycles. The van der Waals surface area contributed by atoms with Gasteiger partial charge in [0.15, 0.2) is 11.5 Å². The number of rotatable bonds is 10. The van der Waals surface area contributed by atoms with Crippen molar-refractivity contribution in [3.63, 3.8) is 0 Å². The van der Waals surface area contributed by atoms with Crippen LogP contribution in [0.25, 0.3) is 0 Å². The van der Waals surface area contributed by atoms with E-state index in [1.54, 1.807) is 7.11 Å². The van der Waals surface area contributed by atoms with Crippen molar-refractivity contribution in [3.8, 4) is 17.2 Å². The number of nitrogens with one attached hydrogen (secondary N) is 1. The van der Waals surface area contributed by atoms with Gasteiger partial charge < -0.3 is 19.5 Å². The molecule has 0 fully saturated rings. The van der Waals surface area contributed by atoms with Crippen LogP contribution in [0, 0.1) is 6.92 Å². The number of sulfonamides is 1. The first-order valence-corrected chi connectivity index (χ1v) is 12.1. The minimum absolute atomic E-state index is 0.0103. The highest BCUT2D eigenvalue weighted by Gasteiger charge is 2.25. The molecule has 0 aliphatic carbocycles. The summed E-state index contributed by atoms with van der Waals surface area (Å²) in [6.45, 7) is 7.66.